The predicted molar refractivity (Wildman–Crippen MR) is 114 cm³/mol. The smallest absolute Gasteiger partial charge is 0.323 e. The highest BCUT2D eigenvalue weighted by atomic mass is 16.4. The predicted octanol–water partition coefficient (Wildman–Crippen LogP) is 2.09. The molecule has 7 nitrogen and oxygen atoms in total. The molecule has 166 valence electrons. The fourth-order valence-electron chi connectivity index (χ4n) is 4.57. The van der Waals surface area contributed by atoms with Crippen LogP contribution in [0.5, 0.6) is 0 Å². The number of piperidine rings is 1. The number of hydrogen-bond donors (Lipinski definition) is 3. The lowest BCUT2D eigenvalue weighted by Crippen LogP contribution is -2.61. The maximum atomic E-state index is 12.6. The topological polar surface area (TPSA) is 103 Å². The number of rotatable bonds is 8. The molecular formula is C23H35N3O4. The van der Waals surface area contributed by atoms with Crippen LogP contribution >= 0.6 is 0 Å². The highest BCUT2D eigenvalue weighted by Crippen LogP contribution is 2.27. The average Bonchev–Trinajstić information content (AvgIpc) is 2.72. The van der Waals surface area contributed by atoms with Gasteiger partial charge in [-0.3, -0.25) is 19.9 Å². The minimum atomic E-state index is -1.33. The van der Waals surface area contributed by atoms with Crippen LogP contribution in [-0.2, 0) is 28.9 Å². The molecule has 0 spiro atoms. The van der Waals surface area contributed by atoms with Crippen molar-refractivity contribution in [2.75, 3.05) is 13.1 Å². The number of nitrogens with one attached hydrogen (secondary N) is 1. The summed E-state index contributed by atoms with van der Waals surface area (Å²) in [5.74, 6) is -0.984. The van der Waals surface area contributed by atoms with Crippen molar-refractivity contribution < 1.29 is 19.8 Å². The van der Waals surface area contributed by atoms with Crippen LogP contribution in [-0.4, -0.2) is 62.7 Å². The van der Waals surface area contributed by atoms with Gasteiger partial charge in [-0.05, 0) is 63.0 Å². The number of likely N-dealkylation sites (tertiary alicyclic amines) is 1. The maximum absolute atomic E-state index is 12.6. The molecule has 3 rings (SSSR count). The fourth-order valence-corrected chi connectivity index (χ4v) is 4.57. The van der Waals surface area contributed by atoms with E-state index in [4.69, 9.17) is 4.98 Å². The van der Waals surface area contributed by atoms with Gasteiger partial charge in [-0.1, -0.05) is 19.9 Å². The third-order valence-corrected chi connectivity index (χ3v) is 6.33. The van der Waals surface area contributed by atoms with Gasteiger partial charge in [0.2, 0.25) is 5.91 Å². The van der Waals surface area contributed by atoms with E-state index in [1.807, 2.05) is 13.8 Å². The Morgan fingerprint density at radius 2 is 1.90 bits per heavy atom. The van der Waals surface area contributed by atoms with Gasteiger partial charge in [0, 0.05) is 36.9 Å². The summed E-state index contributed by atoms with van der Waals surface area (Å²) in [5.41, 5.74) is 2.32. The second kappa shape index (κ2) is 9.88. The monoisotopic (exact) mass is 417 g/mol. The van der Waals surface area contributed by atoms with Crippen molar-refractivity contribution in [3.63, 3.8) is 0 Å². The van der Waals surface area contributed by atoms with Gasteiger partial charge in [0.15, 0.2) is 0 Å². The van der Waals surface area contributed by atoms with Crippen LogP contribution in [0.25, 0.3) is 0 Å². The molecule has 1 saturated heterocycles. The SMILES string of the molecule is CC(C)NC(C(=O)O)C1(O)CCN(C(=O)CCCc2ccc3c(n2)CCCC3)CC1. The van der Waals surface area contributed by atoms with E-state index in [0.29, 0.717) is 19.5 Å². The molecule has 2 heterocycles. The zero-order valence-electron chi connectivity index (χ0n) is 18.2. The van der Waals surface area contributed by atoms with Crippen LogP contribution in [0, 0.1) is 0 Å². The van der Waals surface area contributed by atoms with Gasteiger partial charge in [-0.25, -0.2) is 0 Å². The number of carbonyl (C=O) groups is 2. The lowest BCUT2D eigenvalue weighted by molar-refractivity contribution is -0.152. The summed E-state index contributed by atoms with van der Waals surface area (Å²) in [4.78, 5) is 30.8. The van der Waals surface area contributed by atoms with Crippen LogP contribution in [0.2, 0.25) is 0 Å². The highest BCUT2D eigenvalue weighted by molar-refractivity contribution is 5.77. The largest absolute Gasteiger partial charge is 0.480 e. The number of aliphatic hydroxyl groups is 1. The van der Waals surface area contributed by atoms with E-state index in [1.54, 1.807) is 4.90 Å². The lowest BCUT2D eigenvalue weighted by Gasteiger charge is -2.42. The van der Waals surface area contributed by atoms with Gasteiger partial charge < -0.3 is 15.1 Å². The molecule has 1 aliphatic carbocycles. The molecule has 0 bridgehead atoms. The first-order valence-corrected chi connectivity index (χ1v) is 11.3. The molecule has 7 heteroatoms. The number of carboxylic acids is 1. The number of pyridine rings is 1. The molecule has 1 amide bonds. The maximum Gasteiger partial charge on any atom is 0.323 e. The van der Waals surface area contributed by atoms with E-state index >= 15 is 0 Å². The van der Waals surface area contributed by atoms with Gasteiger partial charge in [-0.15, -0.1) is 0 Å². The van der Waals surface area contributed by atoms with Gasteiger partial charge in [-0.2, -0.15) is 0 Å². The molecule has 1 unspecified atom stereocenters. The fraction of sp³-hybridized carbons (Fsp3) is 0.696. The molecule has 2 aliphatic rings. The Labute approximate surface area is 178 Å². The number of amides is 1. The Bertz CT molecular complexity index is 757. The first-order valence-electron chi connectivity index (χ1n) is 11.3. The Kier molecular flexibility index (Phi) is 7.47. The van der Waals surface area contributed by atoms with Crippen molar-refractivity contribution >= 4 is 11.9 Å². The van der Waals surface area contributed by atoms with E-state index in [-0.39, 0.29) is 24.8 Å². The second-order valence-electron chi connectivity index (χ2n) is 9.05. The summed E-state index contributed by atoms with van der Waals surface area (Å²) in [6.07, 6.45) is 7.15. The van der Waals surface area contributed by atoms with E-state index in [9.17, 15) is 19.8 Å². The zero-order valence-corrected chi connectivity index (χ0v) is 18.2. The van der Waals surface area contributed by atoms with Crippen LogP contribution in [0.1, 0.15) is 69.3 Å². The normalized spacial score (nSPS) is 19.4. The molecule has 1 aromatic rings. The van der Waals surface area contributed by atoms with Crippen LogP contribution in [0.4, 0.5) is 0 Å². The second-order valence-corrected chi connectivity index (χ2v) is 9.05. The van der Waals surface area contributed by atoms with E-state index in [2.05, 4.69) is 17.4 Å². The van der Waals surface area contributed by atoms with E-state index < -0.39 is 17.6 Å². The Morgan fingerprint density at radius 1 is 1.20 bits per heavy atom. The third kappa shape index (κ3) is 5.58. The van der Waals surface area contributed by atoms with Crippen molar-refractivity contribution in [3.05, 3.63) is 29.1 Å². The summed E-state index contributed by atoms with van der Waals surface area (Å²) < 4.78 is 0. The Hall–Kier alpha value is -1.99. The van der Waals surface area contributed by atoms with Crippen LogP contribution in [0.15, 0.2) is 12.1 Å². The number of fused-ring (bicyclic) bond motifs is 1. The summed E-state index contributed by atoms with van der Waals surface area (Å²) in [7, 11) is 0. The molecule has 1 aromatic heterocycles. The molecule has 0 saturated carbocycles. The number of aryl methyl sites for hydroxylation is 3. The number of aromatic nitrogens is 1. The summed E-state index contributed by atoms with van der Waals surface area (Å²) in [5, 5.41) is 23.3. The first-order chi connectivity index (χ1) is 14.3. The van der Waals surface area contributed by atoms with E-state index in [1.165, 1.54) is 24.1 Å². The molecule has 1 aliphatic heterocycles. The summed E-state index contributed by atoms with van der Waals surface area (Å²) in [6, 6.07) is 3.20. The molecule has 0 radical (unpaired) electrons. The van der Waals surface area contributed by atoms with Gasteiger partial charge in [0.1, 0.15) is 6.04 Å². The van der Waals surface area contributed by atoms with Crippen LogP contribution < -0.4 is 5.32 Å². The molecule has 3 N–H and O–H groups in total. The minimum absolute atomic E-state index is 0.0491. The number of aliphatic carboxylic acids is 1. The van der Waals surface area contributed by atoms with Crippen molar-refractivity contribution in [2.24, 2.45) is 0 Å². The first kappa shape index (κ1) is 22.7. The summed E-state index contributed by atoms with van der Waals surface area (Å²) >= 11 is 0. The van der Waals surface area contributed by atoms with Crippen molar-refractivity contribution in [1.82, 2.24) is 15.2 Å². The molecule has 1 atom stereocenters. The molecule has 30 heavy (non-hydrogen) atoms. The number of hydrogen-bond acceptors (Lipinski definition) is 5. The zero-order chi connectivity index (χ0) is 21.7. The standard InChI is InChI=1S/C23H35N3O4/c1-16(2)24-21(22(28)29)23(30)12-14-26(15-13-23)20(27)9-5-7-18-11-10-17-6-3-4-8-19(17)25-18/h10-11,16,21,24,30H,3-9,12-15H2,1-2H3,(H,28,29). The molecule has 0 aromatic carbocycles. The van der Waals surface area contributed by atoms with Gasteiger partial charge >= 0.3 is 5.97 Å². The van der Waals surface area contributed by atoms with Crippen LogP contribution in [0.3, 0.4) is 0 Å². The quantitative estimate of drug-likeness (QED) is 0.599. The van der Waals surface area contributed by atoms with Gasteiger partial charge in [0.25, 0.3) is 0 Å². The Morgan fingerprint density at radius 3 is 2.57 bits per heavy atom. The van der Waals surface area contributed by atoms with Crippen molar-refractivity contribution in [2.45, 2.75) is 89.3 Å². The van der Waals surface area contributed by atoms with Gasteiger partial charge in [0.05, 0.1) is 5.60 Å². The number of nitrogens with zero attached hydrogens (tertiary/aromatic N) is 2. The molecular weight excluding hydrogens is 382 g/mol. The summed E-state index contributed by atoms with van der Waals surface area (Å²) in [6.45, 7) is 4.48. The lowest BCUT2D eigenvalue weighted by atomic mass is 9.83. The minimum Gasteiger partial charge on any atom is -0.480 e. The number of carbonyl (C=O) groups excluding carboxylic acids is 1. The van der Waals surface area contributed by atoms with Crippen molar-refractivity contribution in [1.29, 1.82) is 0 Å². The highest BCUT2D eigenvalue weighted by Gasteiger charge is 2.44. The average molecular weight is 418 g/mol. The molecule has 1 fully saturated rings. The third-order valence-electron chi connectivity index (χ3n) is 6.33. The van der Waals surface area contributed by atoms with E-state index in [0.717, 1.165) is 31.4 Å². The Balaban J connectivity index is 1.46. The number of carboxylic acid groups (broad SMARTS) is 1. The van der Waals surface area contributed by atoms with Crippen molar-refractivity contribution in [3.8, 4) is 0 Å².